The third-order valence-electron chi connectivity index (χ3n) is 1.88. The quantitative estimate of drug-likeness (QED) is 0.455. The van der Waals surface area contributed by atoms with Gasteiger partial charge in [-0.3, -0.25) is 10.1 Å². The predicted octanol–water partition coefficient (Wildman–Crippen LogP) is 0.452. The second-order valence-corrected chi connectivity index (χ2v) is 5.00. The van der Waals surface area contributed by atoms with Crippen LogP contribution in [0.2, 0.25) is 0 Å². The zero-order valence-electron chi connectivity index (χ0n) is 8.17. The number of anilines is 1. The van der Waals surface area contributed by atoms with E-state index in [0.717, 1.165) is 18.4 Å². The van der Waals surface area contributed by atoms with E-state index < -0.39 is 31.0 Å². The number of nitrogens with two attached hydrogens (primary N) is 1. The Hall–Kier alpha value is -2.14. The Morgan fingerprint density at radius 3 is 2.44 bits per heavy atom. The molecule has 0 saturated carbocycles. The molecule has 0 radical (unpaired) electrons. The lowest BCUT2D eigenvalue weighted by Gasteiger charge is -2.04. The van der Waals surface area contributed by atoms with E-state index in [1.807, 2.05) is 0 Å². The Balaban J connectivity index is 3.76. The van der Waals surface area contributed by atoms with Gasteiger partial charge in [-0.25, -0.2) is 8.42 Å². The molecule has 1 rings (SSSR count). The van der Waals surface area contributed by atoms with Gasteiger partial charge in [0.25, 0.3) is 0 Å². The summed E-state index contributed by atoms with van der Waals surface area (Å²) >= 11 is 0. The number of nitro benzene ring substituents is 1. The van der Waals surface area contributed by atoms with Crippen molar-refractivity contribution in [2.24, 2.45) is 0 Å². The average molecular weight is 241 g/mol. The van der Waals surface area contributed by atoms with Gasteiger partial charge >= 0.3 is 5.69 Å². The summed E-state index contributed by atoms with van der Waals surface area (Å²) in [5, 5.41) is 19.3. The molecule has 0 aliphatic rings. The number of nitrogens with zero attached hydrogens (tertiary/aromatic N) is 2. The van der Waals surface area contributed by atoms with Crippen LogP contribution in [0.5, 0.6) is 0 Å². The van der Waals surface area contributed by atoms with Crippen LogP contribution < -0.4 is 5.73 Å². The molecule has 0 amide bonds. The van der Waals surface area contributed by atoms with E-state index in [-0.39, 0.29) is 5.56 Å². The maximum atomic E-state index is 11.3. The van der Waals surface area contributed by atoms with Crippen molar-refractivity contribution in [1.82, 2.24) is 0 Å². The molecule has 0 fully saturated rings. The molecule has 16 heavy (non-hydrogen) atoms. The second-order valence-electron chi connectivity index (χ2n) is 3.01. The summed E-state index contributed by atoms with van der Waals surface area (Å²) in [6.07, 6.45) is 0.834. The topological polar surface area (TPSA) is 127 Å². The highest BCUT2D eigenvalue weighted by molar-refractivity contribution is 7.90. The van der Waals surface area contributed by atoms with Gasteiger partial charge in [-0.05, 0) is 12.1 Å². The van der Waals surface area contributed by atoms with E-state index >= 15 is 0 Å². The van der Waals surface area contributed by atoms with E-state index in [2.05, 4.69) is 0 Å². The van der Waals surface area contributed by atoms with Crippen LogP contribution in [0, 0.1) is 21.4 Å². The fraction of sp³-hybridized carbons (Fsp3) is 0.125. The van der Waals surface area contributed by atoms with Crippen LogP contribution >= 0.6 is 0 Å². The number of benzene rings is 1. The van der Waals surface area contributed by atoms with E-state index in [9.17, 15) is 18.5 Å². The zero-order chi connectivity index (χ0) is 12.5. The third-order valence-corrected chi connectivity index (χ3v) is 3.01. The molecule has 0 aliphatic carbocycles. The minimum atomic E-state index is -3.76. The first-order chi connectivity index (χ1) is 7.29. The Labute approximate surface area is 91.2 Å². The number of nitrogen functional groups attached to an aromatic ring is 1. The largest absolute Gasteiger partial charge is 0.392 e. The van der Waals surface area contributed by atoms with Crippen molar-refractivity contribution in [2.45, 2.75) is 4.90 Å². The summed E-state index contributed by atoms with van der Waals surface area (Å²) in [6.45, 7) is 0. The molecule has 0 spiro atoms. The van der Waals surface area contributed by atoms with Crippen molar-refractivity contribution < 1.29 is 13.3 Å². The van der Waals surface area contributed by atoms with Crippen molar-refractivity contribution in [2.75, 3.05) is 12.0 Å². The first-order valence-electron chi connectivity index (χ1n) is 3.96. The van der Waals surface area contributed by atoms with Gasteiger partial charge in [0.15, 0.2) is 9.84 Å². The van der Waals surface area contributed by atoms with Crippen LogP contribution in [0.15, 0.2) is 17.0 Å². The highest BCUT2D eigenvalue weighted by Crippen LogP contribution is 2.32. The van der Waals surface area contributed by atoms with Crippen molar-refractivity contribution in [3.63, 3.8) is 0 Å². The molecular weight excluding hydrogens is 234 g/mol. The summed E-state index contributed by atoms with van der Waals surface area (Å²) in [5.41, 5.74) is 4.05. The van der Waals surface area contributed by atoms with Crippen molar-refractivity contribution >= 4 is 21.2 Å². The molecule has 0 aromatic heterocycles. The van der Waals surface area contributed by atoms with Crippen LogP contribution in [0.1, 0.15) is 5.56 Å². The Kier molecular flexibility index (Phi) is 2.82. The fourth-order valence-corrected chi connectivity index (χ4v) is 2.02. The van der Waals surface area contributed by atoms with Gasteiger partial charge in [-0.2, -0.15) is 5.26 Å². The minimum absolute atomic E-state index is 0.126. The number of sulfone groups is 1. The number of nitro groups is 1. The summed E-state index contributed by atoms with van der Waals surface area (Å²) in [4.78, 5) is 9.31. The van der Waals surface area contributed by atoms with Gasteiger partial charge in [-0.15, -0.1) is 0 Å². The lowest BCUT2D eigenvalue weighted by Crippen LogP contribution is -2.07. The van der Waals surface area contributed by atoms with Crippen molar-refractivity contribution in [3.05, 3.63) is 27.8 Å². The van der Waals surface area contributed by atoms with Crippen molar-refractivity contribution in [3.8, 4) is 6.07 Å². The maximum Gasteiger partial charge on any atom is 0.311 e. The van der Waals surface area contributed by atoms with Gasteiger partial charge in [-0.1, -0.05) is 0 Å². The smallest absolute Gasteiger partial charge is 0.311 e. The minimum Gasteiger partial charge on any atom is -0.392 e. The molecule has 0 atom stereocenters. The van der Waals surface area contributed by atoms with Gasteiger partial charge in [0.2, 0.25) is 0 Å². The van der Waals surface area contributed by atoms with Crippen LogP contribution in [0.3, 0.4) is 0 Å². The van der Waals surface area contributed by atoms with E-state index in [1.165, 1.54) is 0 Å². The SMILES string of the molecule is CS(=O)(=O)c1ccc(C#N)c(N)c1[N+](=O)[O-]. The van der Waals surface area contributed by atoms with Gasteiger partial charge < -0.3 is 5.73 Å². The molecule has 7 nitrogen and oxygen atoms in total. The summed E-state index contributed by atoms with van der Waals surface area (Å²) in [6, 6.07) is 3.78. The lowest BCUT2D eigenvalue weighted by molar-refractivity contribution is -0.386. The number of hydrogen-bond acceptors (Lipinski definition) is 6. The maximum absolute atomic E-state index is 11.3. The third kappa shape index (κ3) is 1.94. The first-order valence-corrected chi connectivity index (χ1v) is 5.85. The Morgan fingerprint density at radius 2 is 2.06 bits per heavy atom. The molecule has 2 N–H and O–H groups in total. The van der Waals surface area contributed by atoms with Gasteiger partial charge in [0, 0.05) is 6.26 Å². The molecule has 0 heterocycles. The van der Waals surface area contributed by atoms with Crippen molar-refractivity contribution in [1.29, 1.82) is 5.26 Å². The molecule has 0 saturated heterocycles. The average Bonchev–Trinajstić information content (AvgIpc) is 2.15. The van der Waals surface area contributed by atoms with Crippen LogP contribution in [0.25, 0.3) is 0 Å². The molecule has 84 valence electrons. The van der Waals surface area contributed by atoms with Crippen LogP contribution in [-0.4, -0.2) is 19.6 Å². The first kappa shape index (κ1) is 11.9. The summed E-state index contributed by atoms with van der Waals surface area (Å²) < 4.78 is 22.5. The molecule has 0 bridgehead atoms. The zero-order valence-corrected chi connectivity index (χ0v) is 8.98. The number of hydrogen-bond donors (Lipinski definition) is 1. The Bertz CT molecular complexity index is 600. The molecular formula is C8H7N3O4S. The molecule has 0 aliphatic heterocycles. The van der Waals surface area contributed by atoms with E-state index in [1.54, 1.807) is 6.07 Å². The van der Waals surface area contributed by atoms with Crippen LogP contribution in [0.4, 0.5) is 11.4 Å². The number of rotatable bonds is 2. The number of nitriles is 1. The summed E-state index contributed by atoms with van der Waals surface area (Å²) in [7, 11) is -3.76. The van der Waals surface area contributed by atoms with E-state index in [4.69, 9.17) is 11.0 Å². The molecule has 8 heteroatoms. The second kappa shape index (κ2) is 3.79. The molecule has 1 aromatic rings. The monoisotopic (exact) mass is 241 g/mol. The Morgan fingerprint density at radius 1 is 1.50 bits per heavy atom. The highest BCUT2D eigenvalue weighted by atomic mass is 32.2. The van der Waals surface area contributed by atoms with Gasteiger partial charge in [0.05, 0.1) is 10.5 Å². The molecule has 1 aromatic carbocycles. The van der Waals surface area contributed by atoms with Gasteiger partial charge in [0.1, 0.15) is 16.7 Å². The highest BCUT2D eigenvalue weighted by Gasteiger charge is 2.27. The van der Waals surface area contributed by atoms with E-state index in [0.29, 0.717) is 0 Å². The summed E-state index contributed by atoms with van der Waals surface area (Å²) in [5.74, 6) is 0. The fourth-order valence-electron chi connectivity index (χ4n) is 1.17. The lowest BCUT2D eigenvalue weighted by atomic mass is 10.1. The van der Waals surface area contributed by atoms with Crippen LogP contribution in [-0.2, 0) is 9.84 Å². The normalized spacial score (nSPS) is 10.8. The molecule has 0 unspecified atom stereocenters. The standard InChI is InChI=1S/C8H7N3O4S/c1-16(14,15)6-3-2-5(4-9)7(10)8(6)11(12)13/h2-3H,10H2,1H3. The predicted molar refractivity (Wildman–Crippen MR) is 55.3 cm³/mol.